The van der Waals surface area contributed by atoms with E-state index in [0.29, 0.717) is 6.54 Å². The van der Waals surface area contributed by atoms with Crippen LogP contribution in [0.4, 0.5) is 0 Å². The third kappa shape index (κ3) is 3.15. The molecule has 2 rings (SSSR count). The largest absolute Gasteiger partial charge is 0.351 e. The van der Waals surface area contributed by atoms with Gasteiger partial charge in [-0.2, -0.15) is 5.10 Å². The second-order valence-electron chi connectivity index (χ2n) is 4.38. The molecule has 1 aromatic carbocycles. The van der Waals surface area contributed by atoms with Crippen molar-refractivity contribution in [2.75, 3.05) is 5.88 Å². The van der Waals surface area contributed by atoms with Crippen molar-refractivity contribution in [2.45, 2.75) is 20.4 Å². The first-order valence-corrected chi connectivity index (χ1v) is 6.59. The second-order valence-corrected chi connectivity index (χ2v) is 4.65. The van der Waals surface area contributed by atoms with Crippen molar-refractivity contribution in [3.8, 4) is 5.69 Å². The Morgan fingerprint density at radius 3 is 2.74 bits per heavy atom. The maximum absolute atomic E-state index is 11.2. The average molecular weight is 278 g/mol. The zero-order chi connectivity index (χ0) is 13.8. The van der Waals surface area contributed by atoms with E-state index in [0.717, 1.165) is 22.6 Å². The van der Waals surface area contributed by atoms with Gasteiger partial charge in [0.15, 0.2) is 0 Å². The van der Waals surface area contributed by atoms with E-state index in [1.54, 1.807) is 0 Å². The molecule has 1 amide bonds. The van der Waals surface area contributed by atoms with Gasteiger partial charge in [-0.1, -0.05) is 18.2 Å². The number of aromatic nitrogens is 2. The quantitative estimate of drug-likeness (QED) is 0.872. The highest BCUT2D eigenvalue weighted by Gasteiger charge is 2.09. The Morgan fingerprint density at radius 2 is 2.11 bits per heavy atom. The summed E-state index contributed by atoms with van der Waals surface area (Å²) < 4.78 is 1.89. The van der Waals surface area contributed by atoms with Crippen LogP contribution in [0.3, 0.4) is 0 Å². The van der Waals surface area contributed by atoms with Gasteiger partial charge in [-0.05, 0) is 31.5 Å². The lowest BCUT2D eigenvalue weighted by Crippen LogP contribution is -2.24. The summed E-state index contributed by atoms with van der Waals surface area (Å²) in [6.45, 7) is 4.41. The average Bonchev–Trinajstić information content (AvgIpc) is 2.75. The molecule has 2 aromatic rings. The van der Waals surface area contributed by atoms with E-state index in [-0.39, 0.29) is 11.8 Å². The summed E-state index contributed by atoms with van der Waals surface area (Å²) in [5, 5.41) is 7.24. The van der Waals surface area contributed by atoms with Crippen molar-refractivity contribution in [3.63, 3.8) is 0 Å². The molecule has 0 atom stereocenters. The third-order valence-electron chi connectivity index (χ3n) is 2.83. The fraction of sp³-hybridized carbons (Fsp3) is 0.286. The smallest absolute Gasteiger partial charge is 0.235 e. The Labute approximate surface area is 117 Å². The van der Waals surface area contributed by atoms with Crippen molar-refractivity contribution in [1.82, 2.24) is 15.1 Å². The molecule has 1 N–H and O–H groups in total. The first kappa shape index (κ1) is 13.6. The number of halogens is 1. The zero-order valence-electron chi connectivity index (χ0n) is 11.0. The van der Waals surface area contributed by atoms with E-state index in [9.17, 15) is 4.79 Å². The molecule has 0 unspecified atom stereocenters. The van der Waals surface area contributed by atoms with Gasteiger partial charge in [-0.15, -0.1) is 11.6 Å². The van der Waals surface area contributed by atoms with Crippen LogP contribution in [0, 0.1) is 13.8 Å². The van der Waals surface area contributed by atoms with Crippen LogP contribution < -0.4 is 5.32 Å². The van der Waals surface area contributed by atoms with Crippen LogP contribution in [0.5, 0.6) is 0 Å². The summed E-state index contributed by atoms with van der Waals surface area (Å²) in [5.74, 6) is -0.202. The summed E-state index contributed by atoms with van der Waals surface area (Å²) in [7, 11) is 0. The lowest BCUT2D eigenvalue weighted by atomic mass is 10.1. The molecule has 4 nitrogen and oxygen atoms in total. The number of carbonyl (C=O) groups excluding carboxylic acids is 1. The number of amides is 1. The maximum atomic E-state index is 11.2. The minimum atomic E-state index is -0.176. The predicted octanol–water partition coefficient (Wildman–Crippen LogP) is 2.34. The van der Waals surface area contributed by atoms with Crippen molar-refractivity contribution >= 4 is 17.5 Å². The number of benzene rings is 1. The lowest BCUT2D eigenvalue weighted by Gasteiger charge is -2.11. The van der Waals surface area contributed by atoms with Crippen LogP contribution in [0.15, 0.2) is 30.3 Å². The number of nitrogens with one attached hydrogen (secondary N) is 1. The molecule has 0 saturated heterocycles. The lowest BCUT2D eigenvalue weighted by molar-refractivity contribution is -0.118. The van der Waals surface area contributed by atoms with Gasteiger partial charge in [0.1, 0.15) is 5.88 Å². The number of para-hydroxylation sites is 1. The van der Waals surface area contributed by atoms with E-state index in [1.165, 1.54) is 0 Å². The summed E-state index contributed by atoms with van der Waals surface area (Å²) in [4.78, 5) is 11.2. The molecule has 0 bridgehead atoms. The van der Waals surface area contributed by atoms with Crippen LogP contribution in [0.2, 0.25) is 0 Å². The summed E-state index contributed by atoms with van der Waals surface area (Å²) >= 11 is 5.47. The molecule has 19 heavy (non-hydrogen) atoms. The number of aryl methyl sites for hydroxylation is 2. The highest BCUT2D eigenvalue weighted by Crippen LogP contribution is 2.16. The molecule has 1 heterocycles. The number of nitrogens with zero attached hydrogens (tertiary/aromatic N) is 2. The van der Waals surface area contributed by atoms with E-state index >= 15 is 0 Å². The van der Waals surface area contributed by atoms with E-state index in [1.807, 2.05) is 48.9 Å². The van der Waals surface area contributed by atoms with Crippen LogP contribution in [-0.2, 0) is 11.3 Å². The fourth-order valence-corrected chi connectivity index (χ4v) is 2.08. The summed E-state index contributed by atoms with van der Waals surface area (Å²) in [6.07, 6.45) is 0. The molecule has 1 aromatic heterocycles. The number of rotatable bonds is 4. The highest BCUT2D eigenvalue weighted by atomic mass is 35.5. The number of alkyl halides is 1. The van der Waals surface area contributed by atoms with E-state index in [2.05, 4.69) is 10.4 Å². The van der Waals surface area contributed by atoms with Crippen LogP contribution >= 0.6 is 11.6 Å². The molecule has 0 saturated carbocycles. The topological polar surface area (TPSA) is 46.9 Å². The van der Waals surface area contributed by atoms with Gasteiger partial charge in [0, 0.05) is 12.2 Å². The summed E-state index contributed by atoms with van der Waals surface area (Å²) in [6, 6.07) is 9.88. The molecule has 100 valence electrons. The zero-order valence-corrected chi connectivity index (χ0v) is 11.7. The van der Waals surface area contributed by atoms with Gasteiger partial charge < -0.3 is 5.32 Å². The molecule has 0 spiro atoms. The van der Waals surface area contributed by atoms with Gasteiger partial charge >= 0.3 is 0 Å². The second kappa shape index (κ2) is 5.89. The van der Waals surface area contributed by atoms with E-state index < -0.39 is 0 Å². The number of hydrogen-bond acceptors (Lipinski definition) is 2. The van der Waals surface area contributed by atoms with Crippen molar-refractivity contribution < 1.29 is 4.79 Å². The minimum Gasteiger partial charge on any atom is -0.351 e. The molecule has 0 aliphatic heterocycles. The standard InChI is InChI=1S/C14H16ClN3O/c1-10-7-11(2)18(17-10)13-6-4-3-5-12(13)9-16-14(19)8-15/h3-7H,8-9H2,1-2H3,(H,16,19). The fourth-order valence-electron chi connectivity index (χ4n) is 1.98. The number of hydrogen-bond donors (Lipinski definition) is 1. The molecule has 0 fully saturated rings. The molecule has 0 radical (unpaired) electrons. The Kier molecular flexibility index (Phi) is 4.22. The minimum absolute atomic E-state index is 0.0257. The normalized spacial score (nSPS) is 10.5. The first-order chi connectivity index (χ1) is 9.11. The first-order valence-electron chi connectivity index (χ1n) is 6.06. The third-order valence-corrected chi connectivity index (χ3v) is 3.07. The SMILES string of the molecule is Cc1cc(C)n(-c2ccccc2CNC(=O)CCl)n1. The Bertz CT molecular complexity index is 592. The molecular formula is C14H16ClN3O. The van der Waals surface area contributed by atoms with Gasteiger partial charge in [0.05, 0.1) is 11.4 Å². The van der Waals surface area contributed by atoms with Gasteiger partial charge in [-0.25, -0.2) is 4.68 Å². The monoisotopic (exact) mass is 277 g/mol. The van der Waals surface area contributed by atoms with Crippen LogP contribution in [-0.4, -0.2) is 21.6 Å². The van der Waals surface area contributed by atoms with Gasteiger partial charge in [0.2, 0.25) is 5.91 Å². The van der Waals surface area contributed by atoms with Crippen LogP contribution in [0.25, 0.3) is 5.69 Å². The van der Waals surface area contributed by atoms with Crippen molar-refractivity contribution in [1.29, 1.82) is 0 Å². The van der Waals surface area contributed by atoms with Gasteiger partial charge in [0.25, 0.3) is 0 Å². The summed E-state index contributed by atoms with van der Waals surface area (Å²) in [5.41, 5.74) is 4.01. The van der Waals surface area contributed by atoms with Crippen LogP contribution in [0.1, 0.15) is 17.0 Å². The maximum Gasteiger partial charge on any atom is 0.235 e. The van der Waals surface area contributed by atoms with Crippen molar-refractivity contribution in [3.05, 3.63) is 47.3 Å². The Hall–Kier alpha value is -1.81. The molecular weight excluding hydrogens is 262 g/mol. The predicted molar refractivity (Wildman–Crippen MR) is 75.6 cm³/mol. The Morgan fingerprint density at radius 1 is 1.37 bits per heavy atom. The highest BCUT2D eigenvalue weighted by molar-refractivity contribution is 6.27. The van der Waals surface area contributed by atoms with Gasteiger partial charge in [-0.3, -0.25) is 4.79 Å². The number of carbonyl (C=O) groups is 1. The Balaban J connectivity index is 2.31. The molecule has 0 aliphatic rings. The van der Waals surface area contributed by atoms with E-state index in [4.69, 9.17) is 11.6 Å². The van der Waals surface area contributed by atoms with Crippen molar-refractivity contribution in [2.24, 2.45) is 0 Å². The molecule has 0 aliphatic carbocycles. The molecule has 5 heteroatoms.